The van der Waals surface area contributed by atoms with Crippen molar-refractivity contribution < 1.29 is 14.3 Å². The number of benzene rings is 4. The fourth-order valence-corrected chi connectivity index (χ4v) is 5.31. The first kappa shape index (κ1) is 25.5. The van der Waals surface area contributed by atoms with Gasteiger partial charge in [0.05, 0.1) is 11.1 Å². The SMILES string of the molecule is O=C(OCC(=O)N(c1ccccc1)c1ccccc1)c1c2c(nc3ccccc13)CCN(Cc1ccccc1)C2. The Kier molecular flexibility index (Phi) is 7.33. The fourth-order valence-electron chi connectivity index (χ4n) is 5.31. The van der Waals surface area contributed by atoms with E-state index in [9.17, 15) is 9.59 Å². The van der Waals surface area contributed by atoms with Gasteiger partial charge in [0.25, 0.3) is 5.91 Å². The van der Waals surface area contributed by atoms with Gasteiger partial charge in [0.1, 0.15) is 0 Å². The number of fused-ring (bicyclic) bond motifs is 2. The third kappa shape index (κ3) is 5.35. The molecule has 1 aliphatic heterocycles. The van der Waals surface area contributed by atoms with Crippen molar-refractivity contribution in [1.82, 2.24) is 9.88 Å². The molecule has 0 bridgehead atoms. The highest BCUT2D eigenvalue weighted by atomic mass is 16.5. The lowest BCUT2D eigenvalue weighted by atomic mass is 9.95. The maximum absolute atomic E-state index is 13.8. The van der Waals surface area contributed by atoms with Crippen molar-refractivity contribution in [2.45, 2.75) is 19.5 Å². The van der Waals surface area contributed by atoms with E-state index >= 15 is 0 Å². The smallest absolute Gasteiger partial charge is 0.339 e. The molecule has 0 saturated carbocycles. The number of hydrogen-bond donors (Lipinski definition) is 0. The minimum absolute atomic E-state index is 0.330. The lowest BCUT2D eigenvalue weighted by molar-refractivity contribution is -0.120. The van der Waals surface area contributed by atoms with E-state index in [2.05, 4.69) is 17.0 Å². The van der Waals surface area contributed by atoms with Crippen molar-refractivity contribution >= 4 is 34.2 Å². The second-order valence-electron chi connectivity index (χ2n) is 9.85. The van der Waals surface area contributed by atoms with E-state index < -0.39 is 5.97 Å². The number of carbonyl (C=O) groups excluding carboxylic acids is 2. The van der Waals surface area contributed by atoms with Gasteiger partial charge in [-0.05, 0) is 35.9 Å². The Bertz CT molecular complexity index is 1600. The summed E-state index contributed by atoms with van der Waals surface area (Å²) in [4.78, 5) is 36.1. The van der Waals surface area contributed by atoms with Crippen LogP contribution in [-0.2, 0) is 29.0 Å². The summed E-state index contributed by atoms with van der Waals surface area (Å²) < 4.78 is 5.77. The van der Waals surface area contributed by atoms with Crippen LogP contribution in [0.25, 0.3) is 10.9 Å². The van der Waals surface area contributed by atoms with Gasteiger partial charge >= 0.3 is 5.97 Å². The number of para-hydroxylation sites is 3. The van der Waals surface area contributed by atoms with Crippen molar-refractivity contribution in [3.8, 4) is 0 Å². The molecule has 4 aromatic carbocycles. The van der Waals surface area contributed by atoms with Crippen LogP contribution in [0.1, 0.15) is 27.2 Å². The molecule has 1 aromatic heterocycles. The minimum Gasteiger partial charge on any atom is -0.452 e. The molecular formula is C34H29N3O3. The quantitative estimate of drug-likeness (QED) is 0.232. The Labute approximate surface area is 233 Å². The Balaban J connectivity index is 1.28. The van der Waals surface area contributed by atoms with E-state index in [1.54, 1.807) is 4.90 Å². The second-order valence-corrected chi connectivity index (χ2v) is 9.85. The van der Waals surface area contributed by atoms with Crippen LogP contribution in [0.3, 0.4) is 0 Å². The summed E-state index contributed by atoms with van der Waals surface area (Å²) in [6.07, 6.45) is 0.738. The van der Waals surface area contributed by atoms with Crippen molar-refractivity contribution in [2.75, 3.05) is 18.1 Å². The predicted octanol–water partition coefficient (Wildman–Crippen LogP) is 6.31. The summed E-state index contributed by atoms with van der Waals surface area (Å²) in [7, 11) is 0. The number of nitrogens with zero attached hydrogens (tertiary/aromatic N) is 3. The third-order valence-corrected chi connectivity index (χ3v) is 7.18. The van der Waals surface area contributed by atoms with Crippen molar-refractivity contribution in [3.63, 3.8) is 0 Å². The van der Waals surface area contributed by atoms with Crippen LogP contribution in [0.5, 0.6) is 0 Å². The highest BCUT2D eigenvalue weighted by Gasteiger charge is 2.28. The molecule has 0 unspecified atom stereocenters. The van der Waals surface area contributed by atoms with E-state index in [4.69, 9.17) is 9.72 Å². The molecule has 1 aliphatic rings. The number of amides is 1. The molecule has 0 saturated heterocycles. The zero-order valence-corrected chi connectivity index (χ0v) is 22.1. The van der Waals surface area contributed by atoms with Gasteiger partial charge in [0, 0.05) is 54.1 Å². The average molecular weight is 528 g/mol. The fraction of sp³-hybridized carbons (Fsp3) is 0.147. The molecular weight excluding hydrogens is 498 g/mol. The summed E-state index contributed by atoms with van der Waals surface area (Å²) in [5.41, 5.74) is 5.67. The molecule has 0 N–H and O–H groups in total. The van der Waals surface area contributed by atoms with E-state index in [-0.39, 0.29) is 12.5 Å². The van der Waals surface area contributed by atoms with Gasteiger partial charge in [-0.1, -0.05) is 84.9 Å². The monoisotopic (exact) mass is 527 g/mol. The molecule has 5 aromatic rings. The molecule has 40 heavy (non-hydrogen) atoms. The third-order valence-electron chi connectivity index (χ3n) is 7.18. The summed E-state index contributed by atoms with van der Waals surface area (Å²) in [6, 6.07) is 36.7. The summed E-state index contributed by atoms with van der Waals surface area (Å²) >= 11 is 0. The highest BCUT2D eigenvalue weighted by Crippen LogP contribution is 2.30. The minimum atomic E-state index is -0.508. The Hall–Kier alpha value is -4.81. The summed E-state index contributed by atoms with van der Waals surface area (Å²) in [6.45, 7) is 1.83. The number of carbonyl (C=O) groups is 2. The molecule has 0 radical (unpaired) electrons. The Morgan fingerprint density at radius 3 is 2.05 bits per heavy atom. The maximum atomic E-state index is 13.8. The number of anilines is 2. The van der Waals surface area contributed by atoms with Crippen molar-refractivity contribution in [1.29, 1.82) is 0 Å². The maximum Gasteiger partial charge on any atom is 0.339 e. The highest BCUT2D eigenvalue weighted by molar-refractivity contribution is 6.07. The van der Waals surface area contributed by atoms with Crippen LogP contribution in [0.2, 0.25) is 0 Å². The zero-order valence-electron chi connectivity index (χ0n) is 22.1. The van der Waals surface area contributed by atoms with Gasteiger partial charge in [-0.25, -0.2) is 4.79 Å². The van der Waals surface area contributed by atoms with Gasteiger partial charge in [-0.2, -0.15) is 0 Å². The molecule has 0 atom stereocenters. The van der Waals surface area contributed by atoms with Crippen LogP contribution in [0.15, 0.2) is 115 Å². The largest absolute Gasteiger partial charge is 0.452 e. The topological polar surface area (TPSA) is 62.7 Å². The first-order chi connectivity index (χ1) is 19.7. The van der Waals surface area contributed by atoms with Crippen molar-refractivity contribution in [2.24, 2.45) is 0 Å². The van der Waals surface area contributed by atoms with Crippen LogP contribution >= 0.6 is 0 Å². The lowest BCUT2D eigenvalue weighted by Crippen LogP contribution is -2.33. The Morgan fingerprint density at radius 1 is 0.775 bits per heavy atom. The molecule has 1 amide bonds. The number of ether oxygens (including phenoxy) is 1. The van der Waals surface area contributed by atoms with Gasteiger partial charge in [0.2, 0.25) is 0 Å². The number of rotatable bonds is 7. The van der Waals surface area contributed by atoms with Crippen LogP contribution < -0.4 is 4.90 Å². The van der Waals surface area contributed by atoms with Crippen LogP contribution in [0, 0.1) is 0 Å². The van der Waals surface area contributed by atoms with E-state index in [1.165, 1.54) is 5.56 Å². The molecule has 0 aliphatic carbocycles. The summed E-state index contributed by atoms with van der Waals surface area (Å²) in [5.74, 6) is -0.838. The molecule has 6 heteroatoms. The van der Waals surface area contributed by atoms with Crippen LogP contribution in [0.4, 0.5) is 11.4 Å². The number of aromatic nitrogens is 1. The molecule has 0 spiro atoms. The Morgan fingerprint density at radius 2 is 1.38 bits per heavy atom. The first-order valence-electron chi connectivity index (χ1n) is 13.4. The van der Waals surface area contributed by atoms with Crippen LogP contribution in [-0.4, -0.2) is 34.9 Å². The number of esters is 1. The first-order valence-corrected chi connectivity index (χ1v) is 13.4. The normalized spacial score (nSPS) is 13.0. The second kappa shape index (κ2) is 11.5. The molecule has 6 nitrogen and oxygen atoms in total. The summed E-state index contributed by atoms with van der Waals surface area (Å²) in [5, 5.41) is 0.739. The van der Waals surface area contributed by atoms with Gasteiger partial charge in [-0.3, -0.25) is 19.6 Å². The molecule has 6 rings (SSSR count). The predicted molar refractivity (Wildman–Crippen MR) is 156 cm³/mol. The van der Waals surface area contributed by atoms with Gasteiger partial charge in [0.15, 0.2) is 6.61 Å². The average Bonchev–Trinajstić information content (AvgIpc) is 3.00. The number of hydrogen-bond acceptors (Lipinski definition) is 5. The van der Waals surface area contributed by atoms with Gasteiger partial charge in [-0.15, -0.1) is 0 Å². The van der Waals surface area contributed by atoms with E-state index in [0.717, 1.165) is 41.7 Å². The van der Waals surface area contributed by atoms with Gasteiger partial charge < -0.3 is 4.74 Å². The molecule has 0 fully saturated rings. The van der Waals surface area contributed by atoms with E-state index in [1.807, 2.05) is 103 Å². The molecule has 2 heterocycles. The van der Waals surface area contributed by atoms with Crippen molar-refractivity contribution in [3.05, 3.63) is 138 Å². The number of pyridine rings is 1. The molecule has 198 valence electrons. The standard InChI is InChI=1S/C34H29N3O3/c38-32(37(26-14-6-2-7-15-26)27-16-8-3-9-17-27)24-40-34(39)33-28-18-10-11-19-30(28)35-31-20-21-36(23-29(31)33)22-25-12-4-1-5-13-25/h1-19H,20-24H2. The van der Waals surface area contributed by atoms with E-state index in [0.29, 0.717) is 23.5 Å². The lowest BCUT2D eigenvalue weighted by Gasteiger charge is -2.30. The zero-order chi connectivity index (χ0) is 27.3.